The van der Waals surface area contributed by atoms with Crippen LogP contribution in [0.1, 0.15) is 30.0 Å². The van der Waals surface area contributed by atoms with Gasteiger partial charge in [0.15, 0.2) is 0 Å². The third kappa shape index (κ3) is 4.59. The Morgan fingerprint density at radius 2 is 1.84 bits per heavy atom. The van der Waals surface area contributed by atoms with Crippen molar-refractivity contribution in [3.8, 4) is 5.88 Å². The molecule has 4 aromatic rings. The summed E-state index contributed by atoms with van der Waals surface area (Å²) in [6.07, 6.45) is 2.21. The number of benzene rings is 2. The number of carbonyl (C=O) groups excluding carboxylic acids is 1. The van der Waals surface area contributed by atoms with Gasteiger partial charge in [-0.3, -0.25) is 4.79 Å². The van der Waals surface area contributed by atoms with E-state index in [2.05, 4.69) is 16.4 Å². The Balaban J connectivity index is 1.61. The average Bonchev–Trinajstić information content (AvgIpc) is 3.21. The summed E-state index contributed by atoms with van der Waals surface area (Å²) in [6.45, 7) is 4.78. The minimum Gasteiger partial charge on any atom is -0.478 e. The predicted octanol–water partition coefficient (Wildman–Crippen LogP) is 4.91. The molecular formula is C25H25N3O2S. The molecule has 0 aliphatic rings. The Hall–Kier alpha value is -3.25. The van der Waals surface area contributed by atoms with Crippen molar-refractivity contribution < 1.29 is 9.53 Å². The molecule has 0 fully saturated rings. The van der Waals surface area contributed by atoms with E-state index in [1.165, 1.54) is 0 Å². The van der Waals surface area contributed by atoms with Crippen molar-refractivity contribution in [2.24, 2.45) is 0 Å². The Morgan fingerprint density at radius 3 is 2.61 bits per heavy atom. The second-order valence-corrected chi connectivity index (χ2v) is 8.65. The van der Waals surface area contributed by atoms with Gasteiger partial charge >= 0.3 is 0 Å². The number of amides is 1. The Kier molecular flexibility index (Phi) is 6.28. The number of thiazole rings is 1. The minimum atomic E-state index is -0.761. The topological polar surface area (TPSA) is 64.1 Å². The van der Waals surface area contributed by atoms with Crippen LogP contribution in [0.5, 0.6) is 5.88 Å². The lowest BCUT2D eigenvalue weighted by molar-refractivity contribution is -0.126. The first kappa shape index (κ1) is 21.0. The van der Waals surface area contributed by atoms with E-state index in [-0.39, 0.29) is 5.91 Å². The fraction of sp³-hybridized carbons (Fsp3) is 0.240. The Morgan fingerprint density at radius 1 is 1.06 bits per heavy atom. The zero-order valence-electron chi connectivity index (χ0n) is 17.7. The largest absolute Gasteiger partial charge is 0.478 e. The highest BCUT2D eigenvalue weighted by molar-refractivity contribution is 7.18. The molecule has 4 rings (SSSR count). The van der Waals surface area contributed by atoms with Gasteiger partial charge in [0.2, 0.25) is 11.8 Å². The van der Waals surface area contributed by atoms with Gasteiger partial charge in [-0.2, -0.15) is 0 Å². The highest BCUT2D eigenvalue weighted by Gasteiger charge is 2.36. The van der Waals surface area contributed by atoms with Crippen LogP contribution in [-0.4, -0.2) is 22.5 Å². The molecule has 0 saturated heterocycles. The SMILES string of the molecule is CCOc1ncccc1CNC(=O)C(C)(Cc1nc2ccccc2s1)c1ccccc1. The summed E-state index contributed by atoms with van der Waals surface area (Å²) in [4.78, 5) is 22.6. The number of nitrogens with one attached hydrogen (secondary N) is 1. The van der Waals surface area contributed by atoms with Crippen LogP contribution in [0.15, 0.2) is 72.9 Å². The summed E-state index contributed by atoms with van der Waals surface area (Å²) in [5, 5.41) is 4.05. The molecule has 1 amide bonds. The minimum absolute atomic E-state index is 0.0516. The second kappa shape index (κ2) is 9.27. The monoisotopic (exact) mass is 431 g/mol. The maximum absolute atomic E-state index is 13.5. The van der Waals surface area contributed by atoms with Crippen molar-refractivity contribution in [3.63, 3.8) is 0 Å². The summed E-state index contributed by atoms with van der Waals surface area (Å²) in [5.41, 5.74) is 2.02. The molecule has 31 heavy (non-hydrogen) atoms. The van der Waals surface area contributed by atoms with Crippen LogP contribution in [0.3, 0.4) is 0 Å². The van der Waals surface area contributed by atoms with E-state index in [4.69, 9.17) is 9.72 Å². The van der Waals surface area contributed by atoms with Gasteiger partial charge in [0, 0.05) is 24.7 Å². The molecule has 1 unspecified atom stereocenters. The smallest absolute Gasteiger partial charge is 0.231 e. The molecule has 2 aromatic carbocycles. The predicted molar refractivity (Wildman–Crippen MR) is 124 cm³/mol. The van der Waals surface area contributed by atoms with Gasteiger partial charge in [0.1, 0.15) is 0 Å². The number of hydrogen-bond acceptors (Lipinski definition) is 5. The van der Waals surface area contributed by atoms with Gasteiger partial charge in [0.05, 0.1) is 27.2 Å². The van der Waals surface area contributed by atoms with Crippen molar-refractivity contribution >= 4 is 27.5 Å². The molecule has 158 valence electrons. The number of carbonyl (C=O) groups is 1. The van der Waals surface area contributed by atoms with Gasteiger partial charge in [-0.1, -0.05) is 48.5 Å². The molecule has 0 aliphatic carbocycles. The first-order chi connectivity index (χ1) is 15.1. The van der Waals surface area contributed by atoms with E-state index in [0.717, 1.165) is 26.4 Å². The molecular weight excluding hydrogens is 406 g/mol. The summed E-state index contributed by atoms with van der Waals surface area (Å²) in [5.74, 6) is 0.502. The molecule has 1 N–H and O–H groups in total. The van der Waals surface area contributed by atoms with E-state index in [9.17, 15) is 4.79 Å². The third-order valence-corrected chi connectivity index (χ3v) is 6.36. The Labute approximate surface area is 186 Å². The van der Waals surface area contributed by atoms with Crippen molar-refractivity contribution in [1.82, 2.24) is 15.3 Å². The quantitative estimate of drug-likeness (QED) is 0.431. The molecule has 0 bridgehead atoms. The van der Waals surface area contributed by atoms with E-state index >= 15 is 0 Å². The Bertz CT molecular complexity index is 1140. The molecule has 0 spiro atoms. The fourth-order valence-corrected chi connectivity index (χ4v) is 4.74. The van der Waals surface area contributed by atoms with Crippen molar-refractivity contribution in [2.75, 3.05) is 6.61 Å². The van der Waals surface area contributed by atoms with Gasteiger partial charge in [-0.25, -0.2) is 9.97 Å². The van der Waals surface area contributed by atoms with Crippen LogP contribution in [0.2, 0.25) is 0 Å². The number of pyridine rings is 1. The molecule has 0 radical (unpaired) electrons. The number of hydrogen-bond donors (Lipinski definition) is 1. The highest BCUT2D eigenvalue weighted by Crippen LogP contribution is 2.32. The van der Waals surface area contributed by atoms with E-state index in [1.807, 2.05) is 74.5 Å². The van der Waals surface area contributed by atoms with Crippen molar-refractivity contribution in [1.29, 1.82) is 0 Å². The lowest BCUT2D eigenvalue weighted by atomic mass is 9.78. The van der Waals surface area contributed by atoms with Crippen LogP contribution < -0.4 is 10.1 Å². The van der Waals surface area contributed by atoms with E-state index in [0.29, 0.717) is 25.5 Å². The zero-order chi connectivity index (χ0) is 21.7. The van der Waals surface area contributed by atoms with Crippen LogP contribution in [-0.2, 0) is 23.2 Å². The first-order valence-corrected chi connectivity index (χ1v) is 11.2. The molecule has 6 heteroatoms. The van der Waals surface area contributed by atoms with Crippen LogP contribution >= 0.6 is 11.3 Å². The van der Waals surface area contributed by atoms with Crippen molar-refractivity contribution in [2.45, 2.75) is 32.2 Å². The maximum atomic E-state index is 13.5. The molecule has 2 heterocycles. The van der Waals surface area contributed by atoms with Crippen LogP contribution in [0, 0.1) is 0 Å². The van der Waals surface area contributed by atoms with E-state index in [1.54, 1.807) is 17.5 Å². The zero-order valence-corrected chi connectivity index (χ0v) is 18.5. The lowest BCUT2D eigenvalue weighted by Crippen LogP contribution is -2.43. The number of ether oxygens (including phenoxy) is 1. The average molecular weight is 432 g/mol. The first-order valence-electron chi connectivity index (χ1n) is 10.3. The van der Waals surface area contributed by atoms with Gasteiger partial charge in [-0.15, -0.1) is 11.3 Å². The lowest BCUT2D eigenvalue weighted by Gasteiger charge is -2.28. The second-order valence-electron chi connectivity index (χ2n) is 7.53. The maximum Gasteiger partial charge on any atom is 0.231 e. The number of rotatable bonds is 8. The van der Waals surface area contributed by atoms with Gasteiger partial charge in [0.25, 0.3) is 0 Å². The molecule has 1 atom stereocenters. The summed E-state index contributed by atoms with van der Waals surface area (Å²) >= 11 is 1.64. The number of para-hydroxylation sites is 1. The number of nitrogens with zero attached hydrogens (tertiary/aromatic N) is 2. The number of aromatic nitrogens is 2. The summed E-state index contributed by atoms with van der Waals surface area (Å²) in [7, 11) is 0. The molecule has 5 nitrogen and oxygen atoms in total. The van der Waals surface area contributed by atoms with Crippen molar-refractivity contribution in [3.05, 3.63) is 89.1 Å². The van der Waals surface area contributed by atoms with E-state index < -0.39 is 5.41 Å². The van der Waals surface area contributed by atoms with Crippen LogP contribution in [0.25, 0.3) is 10.2 Å². The van der Waals surface area contributed by atoms with Gasteiger partial charge < -0.3 is 10.1 Å². The standard InChI is InChI=1S/C25H25N3O2S/c1-3-30-23-18(10-9-15-26-23)17-27-24(29)25(2,19-11-5-4-6-12-19)16-22-28-20-13-7-8-14-21(20)31-22/h4-15H,3,16-17H2,1-2H3,(H,27,29). The summed E-state index contributed by atoms with van der Waals surface area (Å²) in [6, 6.07) is 21.7. The molecule has 0 saturated carbocycles. The number of fused-ring (bicyclic) bond motifs is 1. The third-order valence-electron chi connectivity index (χ3n) is 5.33. The molecule has 0 aliphatic heterocycles. The van der Waals surface area contributed by atoms with Crippen LogP contribution in [0.4, 0.5) is 0 Å². The molecule has 2 aromatic heterocycles. The normalized spacial score (nSPS) is 13.0. The summed E-state index contributed by atoms with van der Waals surface area (Å²) < 4.78 is 6.73. The fourth-order valence-electron chi connectivity index (χ4n) is 3.61. The highest BCUT2D eigenvalue weighted by atomic mass is 32.1. The van der Waals surface area contributed by atoms with Gasteiger partial charge in [-0.05, 0) is 37.6 Å².